The van der Waals surface area contributed by atoms with E-state index in [1.165, 1.54) is 6.26 Å². The van der Waals surface area contributed by atoms with E-state index in [0.717, 1.165) is 54.8 Å². The van der Waals surface area contributed by atoms with Crippen molar-refractivity contribution in [2.75, 3.05) is 19.5 Å². The number of H-pyrrole nitrogens is 1. The van der Waals surface area contributed by atoms with Crippen molar-refractivity contribution in [1.82, 2.24) is 9.97 Å². The minimum Gasteiger partial charge on any atom is -0.381 e. The molecule has 1 unspecified atom stereocenters. The number of aromatic amines is 1. The van der Waals surface area contributed by atoms with E-state index in [4.69, 9.17) is 16.3 Å². The largest absolute Gasteiger partial charge is 0.381 e. The minimum atomic E-state index is -3.22. The van der Waals surface area contributed by atoms with E-state index in [9.17, 15) is 8.42 Å². The fourth-order valence-electron chi connectivity index (χ4n) is 3.91. The van der Waals surface area contributed by atoms with Gasteiger partial charge in [-0.3, -0.25) is 0 Å². The zero-order valence-electron chi connectivity index (χ0n) is 15.7. The smallest absolute Gasteiger partial charge is 0.175 e. The number of halogens is 1. The molecule has 1 aromatic carbocycles. The normalized spacial score (nSPS) is 17.1. The van der Waals surface area contributed by atoms with Gasteiger partial charge in [-0.1, -0.05) is 23.7 Å². The molecule has 1 saturated heterocycles. The summed E-state index contributed by atoms with van der Waals surface area (Å²) in [6.45, 7) is 1.59. The molecule has 1 aliphatic rings. The van der Waals surface area contributed by atoms with E-state index >= 15 is 0 Å². The van der Waals surface area contributed by atoms with Gasteiger partial charge in [-0.2, -0.15) is 0 Å². The molecule has 2 aromatic heterocycles. The standard InChI is InChI=1S/C21H23ClN2O3S/c1-28(25,26)16-4-2-15(3-5-16)17(12-14-7-10-27-11-8-14)20-13-18-19(22)6-9-23-21(18)24-20/h2-6,9,13-14,17H,7-8,10-12H2,1H3,(H,23,24). The van der Waals surface area contributed by atoms with Crippen LogP contribution in [0.4, 0.5) is 0 Å². The summed E-state index contributed by atoms with van der Waals surface area (Å²) in [6, 6.07) is 11.1. The fourth-order valence-corrected chi connectivity index (χ4v) is 4.74. The van der Waals surface area contributed by atoms with Crippen LogP contribution >= 0.6 is 11.6 Å². The first kappa shape index (κ1) is 19.4. The predicted molar refractivity (Wildman–Crippen MR) is 111 cm³/mol. The number of aromatic nitrogens is 2. The highest BCUT2D eigenvalue weighted by Crippen LogP contribution is 2.36. The number of hydrogen-bond donors (Lipinski definition) is 1. The summed E-state index contributed by atoms with van der Waals surface area (Å²) in [6.07, 6.45) is 5.96. The average molecular weight is 419 g/mol. The molecule has 148 valence electrons. The Morgan fingerprint density at radius 1 is 1.21 bits per heavy atom. The highest BCUT2D eigenvalue weighted by molar-refractivity contribution is 7.90. The zero-order chi connectivity index (χ0) is 19.7. The molecule has 0 spiro atoms. The summed E-state index contributed by atoms with van der Waals surface area (Å²) >= 11 is 6.34. The van der Waals surface area contributed by atoms with Crippen LogP contribution in [0.1, 0.15) is 36.4 Å². The summed E-state index contributed by atoms with van der Waals surface area (Å²) in [5.41, 5.74) is 2.91. The maximum Gasteiger partial charge on any atom is 0.175 e. The van der Waals surface area contributed by atoms with Gasteiger partial charge in [0.05, 0.1) is 9.92 Å². The SMILES string of the molecule is CS(=O)(=O)c1ccc(C(CC2CCOCC2)c2cc3c(Cl)ccnc3[nH]2)cc1. The van der Waals surface area contributed by atoms with Gasteiger partial charge < -0.3 is 9.72 Å². The van der Waals surface area contributed by atoms with Gasteiger partial charge in [0.15, 0.2) is 9.84 Å². The lowest BCUT2D eigenvalue weighted by molar-refractivity contribution is 0.0626. The molecule has 1 N–H and O–H groups in total. The molecule has 3 aromatic rings. The molecule has 4 rings (SSSR count). The Bertz CT molecular complexity index is 1070. The molecule has 7 heteroatoms. The van der Waals surface area contributed by atoms with E-state index in [1.807, 2.05) is 12.1 Å². The van der Waals surface area contributed by atoms with Crippen LogP contribution < -0.4 is 0 Å². The van der Waals surface area contributed by atoms with Crippen molar-refractivity contribution in [2.24, 2.45) is 5.92 Å². The summed E-state index contributed by atoms with van der Waals surface area (Å²) in [5.74, 6) is 0.671. The Kier molecular flexibility index (Phi) is 5.45. The highest BCUT2D eigenvalue weighted by Gasteiger charge is 2.24. The van der Waals surface area contributed by atoms with Crippen LogP contribution in [-0.4, -0.2) is 37.9 Å². The second-order valence-corrected chi connectivity index (χ2v) is 9.89. The quantitative estimate of drug-likeness (QED) is 0.658. The molecule has 0 amide bonds. The van der Waals surface area contributed by atoms with Crippen molar-refractivity contribution in [3.63, 3.8) is 0 Å². The molecular formula is C21H23ClN2O3S. The van der Waals surface area contributed by atoms with Gasteiger partial charge in [0, 0.05) is 42.7 Å². The number of nitrogens with zero attached hydrogens (tertiary/aromatic N) is 1. The summed E-state index contributed by atoms with van der Waals surface area (Å²) in [5, 5.41) is 1.58. The van der Waals surface area contributed by atoms with E-state index in [-0.39, 0.29) is 5.92 Å². The molecule has 1 fully saturated rings. The minimum absolute atomic E-state index is 0.113. The predicted octanol–water partition coefficient (Wildman–Crippen LogP) is 4.57. The maximum atomic E-state index is 11.8. The lowest BCUT2D eigenvalue weighted by Crippen LogP contribution is -2.18. The van der Waals surface area contributed by atoms with Crippen molar-refractivity contribution in [2.45, 2.75) is 30.1 Å². The third-order valence-corrected chi connectivity index (χ3v) is 6.95. The number of rotatable bonds is 5. The molecule has 28 heavy (non-hydrogen) atoms. The molecule has 5 nitrogen and oxygen atoms in total. The molecule has 0 aliphatic carbocycles. The third-order valence-electron chi connectivity index (χ3n) is 5.50. The first-order valence-electron chi connectivity index (χ1n) is 9.42. The van der Waals surface area contributed by atoms with E-state index in [0.29, 0.717) is 15.8 Å². The zero-order valence-corrected chi connectivity index (χ0v) is 17.3. The Balaban J connectivity index is 1.73. The van der Waals surface area contributed by atoms with Crippen LogP contribution in [0, 0.1) is 5.92 Å². The van der Waals surface area contributed by atoms with Crippen LogP contribution in [0.25, 0.3) is 11.0 Å². The van der Waals surface area contributed by atoms with Crippen LogP contribution in [0.3, 0.4) is 0 Å². The Hall–Kier alpha value is -1.89. The van der Waals surface area contributed by atoms with Gasteiger partial charge in [-0.25, -0.2) is 13.4 Å². The van der Waals surface area contributed by atoms with Gasteiger partial charge in [-0.15, -0.1) is 0 Å². The van der Waals surface area contributed by atoms with E-state index in [1.54, 1.807) is 24.4 Å². The van der Waals surface area contributed by atoms with Crippen LogP contribution in [-0.2, 0) is 14.6 Å². The fraction of sp³-hybridized carbons (Fsp3) is 0.381. The van der Waals surface area contributed by atoms with Gasteiger partial charge in [-0.05, 0) is 55.0 Å². The van der Waals surface area contributed by atoms with Crippen LogP contribution in [0.5, 0.6) is 0 Å². The first-order valence-corrected chi connectivity index (χ1v) is 11.7. The number of sulfone groups is 1. The lowest BCUT2D eigenvalue weighted by Gasteiger charge is -2.26. The Morgan fingerprint density at radius 2 is 1.93 bits per heavy atom. The van der Waals surface area contributed by atoms with Gasteiger partial charge in [0.1, 0.15) is 5.65 Å². The maximum absolute atomic E-state index is 11.8. The van der Waals surface area contributed by atoms with E-state index in [2.05, 4.69) is 16.0 Å². The number of hydrogen-bond acceptors (Lipinski definition) is 4. The van der Waals surface area contributed by atoms with Crippen molar-refractivity contribution in [3.8, 4) is 0 Å². The number of ether oxygens (including phenoxy) is 1. The highest BCUT2D eigenvalue weighted by atomic mass is 35.5. The molecule has 0 radical (unpaired) electrons. The number of fused-ring (bicyclic) bond motifs is 1. The monoisotopic (exact) mass is 418 g/mol. The van der Waals surface area contributed by atoms with Crippen molar-refractivity contribution in [3.05, 3.63) is 58.9 Å². The summed E-state index contributed by atoms with van der Waals surface area (Å²) in [7, 11) is -3.22. The van der Waals surface area contributed by atoms with Crippen LogP contribution in [0.15, 0.2) is 47.5 Å². The molecule has 1 aliphatic heterocycles. The topological polar surface area (TPSA) is 72.1 Å². The number of pyridine rings is 1. The number of benzene rings is 1. The second-order valence-electron chi connectivity index (χ2n) is 7.46. The molecule has 0 bridgehead atoms. The lowest BCUT2D eigenvalue weighted by atomic mass is 9.83. The van der Waals surface area contributed by atoms with Gasteiger partial charge in [0.2, 0.25) is 0 Å². The molecular weight excluding hydrogens is 396 g/mol. The molecule has 1 atom stereocenters. The third kappa shape index (κ3) is 4.09. The average Bonchev–Trinajstić information content (AvgIpc) is 3.12. The van der Waals surface area contributed by atoms with E-state index < -0.39 is 9.84 Å². The second kappa shape index (κ2) is 7.85. The van der Waals surface area contributed by atoms with Crippen LogP contribution in [0.2, 0.25) is 5.02 Å². The van der Waals surface area contributed by atoms with Crippen molar-refractivity contribution >= 4 is 32.5 Å². The molecule has 3 heterocycles. The van der Waals surface area contributed by atoms with Gasteiger partial charge >= 0.3 is 0 Å². The number of nitrogens with one attached hydrogen (secondary N) is 1. The van der Waals surface area contributed by atoms with Crippen molar-refractivity contribution in [1.29, 1.82) is 0 Å². The Morgan fingerprint density at radius 3 is 2.57 bits per heavy atom. The summed E-state index contributed by atoms with van der Waals surface area (Å²) < 4.78 is 29.1. The summed E-state index contributed by atoms with van der Waals surface area (Å²) in [4.78, 5) is 8.15. The first-order chi connectivity index (χ1) is 13.4. The molecule has 0 saturated carbocycles. The van der Waals surface area contributed by atoms with Gasteiger partial charge in [0.25, 0.3) is 0 Å². The van der Waals surface area contributed by atoms with Crippen molar-refractivity contribution < 1.29 is 13.2 Å². The Labute approximate surface area is 170 Å².